The van der Waals surface area contributed by atoms with E-state index in [9.17, 15) is 5.11 Å². The van der Waals surface area contributed by atoms with Crippen LogP contribution in [-0.4, -0.2) is 11.7 Å². The van der Waals surface area contributed by atoms with Crippen molar-refractivity contribution in [2.45, 2.75) is 119 Å². The smallest absolute Gasteiger partial charge is 0.0459 e. The van der Waals surface area contributed by atoms with E-state index in [1.165, 1.54) is 70.6 Å². The molecule has 5 aliphatic carbocycles. The average Bonchev–Trinajstić information content (AvgIpc) is 3.04. The molecule has 1 heteroatoms. The number of hydrogen-bond acceptors (Lipinski definition) is 1. The molecule has 0 aromatic rings. The van der Waals surface area contributed by atoms with Gasteiger partial charge in [0.25, 0.3) is 0 Å². The van der Waals surface area contributed by atoms with Gasteiger partial charge in [0.1, 0.15) is 0 Å². The van der Waals surface area contributed by atoms with Gasteiger partial charge in [0, 0.05) is 6.61 Å². The quantitative estimate of drug-likeness (QED) is 0.471. The highest BCUT2D eigenvalue weighted by Gasteiger charge is 2.70. The first-order valence-corrected chi connectivity index (χ1v) is 14.0. The maximum Gasteiger partial charge on any atom is 0.0459 e. The Balaban J connectivity index is 1.50. The van der Waals surface area contributed by atoms with Crippen LogP contribution in [0.4, 0.5) is 0 Å². The third kappa shape index (κ3) is 2.77. The maximum atomic E-state index is 9.93. The van der Waals surface area contributed by atoms with Crippen molar-refractivity contribution in [1.82, 2.24) is 0 Å². The highest BCUT2D eigenvalue weighted by molar-refractivity contribution is 5.19. The number of aliphatic hydroxyl groups excluding tert-OH is 1. The van der Waals surface area contributed by atoms with E-state index < -0.39 is 0 Å². The summed E-state index contributed by atoms with van der Waals surface area (Å²) >= 11 is 0. The summed E-state index contributed by atoms with van der Waals surface area (Å²) in [5.41, 5.74) is 2.63. The summed E-state index contributed by atoms with van der Waals surface area (Å²) in [6.45, 7) is 18.9. The summed E-state index contributed by atoms with van der Waals surface area (Å²) in [6.07, 6.45) is 16.0. The van der Waals surface area contributed by atoms with Crippen molar-refractivity contribution in [3.63, 3.8) is 0 Å². The molecule has 1 nitrogen and oxygen atoms in total. The fraction of sp³-hybridized carbons (Fsp3) is 1.00. The molecule has 0 unspecified atom stereocenters. The van der Waals surface area contributed by atoms with Crippen LogP contribution in [0.1, 0.15) is 119 Å². The predicted octanol–water partition coefficient (Wildman–Crippen LogP) is 8.11. The second kappa shape index (κ2) is 6.99. The van der Waals surface area contributed by atoms with Gasteiger partial charge < -0.3 is 5.11 Å². The van der Waals surface area contributed by atoms with E-state index >= 15 is 0 Å². The summed E-state index contributed by atoms with van der Waals surface area (Å²) < 4.78 is 0. The Bertz CT molecular complexity index is 711. The Kier molecular flexibility index (Phi) is 5.13. The molecule has 0 saturated heterocycles. The number of aliphatic hydroxyl groups is 1. The molecule has 10 atom stereocenters. The van der Waals surface area contributed by atoms with Crippen LogP contribution in [-0.2, 0) is 0 Å². The van der Waals surface area contributed by atoms with Crippen LogP contribution >= 0.6 is 0 Å². The topological polar surface area (TPSA) is 20.2 Å². The molecular weight excluding hydrogens is 376 g/mol. The second-order valence-electron chi connectivity index (χ2n) is 15.0. The van der Waals surface area contributed by atoms with Crippen molar-refractivity contribution in [3.8, 4) is 0 Å². The standard InChI is InChI=1S/C30H52O/c1-20(19-31)21-11-16-27(4)22(21)12-17-29(6)24(27)9-10-25-28(5)15-8-14-26(2,3)23(28)13-18-30(25,29)7/h20-25,31H,8-19H2,1-7H3/t20-,21-,22-,23+,24+,25+,27+,28+,29-,30-/m1/s1. The van der Waals surface area contributed by atoms with Gasteiger partial charge >= 0.3 is 0 Å². The van der Waals surface area contributed by atoms with Gasteiger partial charge in [-0.25, -0.2) is 0 Å². The van der Waals surface area contributed by atoms with Crippen molar-refractivity contribution in [2.75, 3.05) is 6.61 Å². The van der Waals surface area contributed by atoms with Crippen LogP contribution in [0.25, 0.3) is 0 Å². The number of hydrogen-bond donors (Lipinski definition) is 1. The highest BCUT2D eigenvalue weighted by atomic mass is 16.3. The Morgan fingerprint density at radius 2 is 1.29 bits per heavy atom. The normalized spacial score (nSPS) is 56.7. The summed E-state index contributed by atoms with van der Waals surface area (Å²) in [6, 6.07) is 0. The number of rotatable bonds is 2. The van der Waals surface area contributed by atoms with Crippen LogP contribution < -0.4 is 0 Å². The Morgan fingerprint density at radius 3 is 1.94 bits per heavy atom. The van der Waals surface area contributed by atoms with E-state index in [0.29, 0.717) is 39.6 Å². The molecule has 5 saturated carbocycles. The maximum absolute atomic E-state index is 9.93. The van der Waals surface area contributed by atoms with Crippen molar-refractivity contribution >= 4 is 0 Å². The second-order valence-corrected chi connectivity index (χ2v) is 15.0. The van der Waals surface area contributed by atoms with Crippen LogP contribution in [0.3, 0.4) is 0 Å². The zero-order valence-corrected chi connectivity index (χ0v) is 21.9. The summed E-state index contributed by atoms with van der Waals surface area (Å²) in [4.78, 5) is 0. The monoisotopic (exact) mass is 428 g/mol. The van der Waals surface area contributed by atoms with E-state index in [1.54, 1.807) is 0 Å². The van der Waals surface area contributed by atoms with Gasteiger partial charge in [0.2, 0.25) is 0 Å². The zero-order valence-electron chi connectivity index (χ0n) is 21.9. The third-order valence-electron chi connectivity index (χ3n) is 13.8. The summed E-state index contributed by atoms with van der Waals surface area (Å²) in [7, 11) is 0. The van der Waals surface area contributed by atoms with Crippen LogP contribution in [0.2, 0.25) is 0 Å². The Hall–Kier alpha value is -0.0400. The molecule has 1 N–H and O–H groups in total. The highest BCUT2D eigenvalue weighted by Crippen LogP contribution is 2.78. The Labute approximate surface area is 193 Å². The van der Waals surface area contributed by atoms with Crippen LogP contribution in [0.15, 0.2) is 0 Å². The first kappa shape index (κ1) is 22.7. The van der Waals surface area contributed by atoms with Crippen molar-refractivity contribution in [1.29, 1.82) is 0 Å². The van der Waals surface area contributed by atoms with Crippen LogP contribution in [0.5, 0.6) is 0 Å². The number of fused-ring (bicyclic) bond motifs is 7. The molecular formula is C30H52O. The zero-order chi connectivity index (χ0) is 22.4. The molecule has 0 radical (unpaired) electrons. The Morgan fingerprint density at radius 1 is 0.677 bits per heavy atom. The molecule has 5 rings (SSSR count). The molecule has 0 aromatic heterocycles. The molecule has 0 aromatic carbocycles. The summed E-state index contributed by atoms with van der Waals surface area (Å²) in [5, 5.41) is 9.93. The molecule has 5 fully saturated rings. The fourth-order valence-corrected chi connectivity index (χ4v) is 12.2. The minimum atomic E-state index is 0.383. The first-order valence-electron chi connectivity index (χ1n) is 14.0. The van der Waals surface area contributed by atoms with Gasteiger partial charge in [-0.05, 0) is 127 Å². The van der Waals surface area contributed by atoms with Crippen molar-refractivity contribution < 1.29 is 5.11 Å². The lowest BCUT2D eigenvalue weighted by atomic mass is 9.32. The molecule has 0 aliphatic heterocycles. The molecule has 31 heavy (non-hydrogen) atoms. The van der Waals surface area contributed by atoms with Gasteiger partial charge in [-0.3, -0.25) is 0 Å². The molecule has 178 valence electrons. The lowest BCUT2D eigenvalue weighted by molar-refractivity contribution is -0.241. The summed E-state index contributed by atoms with van der Waals surface area (Å²) in [5.74, 6) is 4.86. The van der Waals surface area contributed by atoms with E-state index in [4.69, 9.17) is 0 Å². The molecule has 0 spiro atoms. The minimum Gasteiger partial charge on any atom is -0.396 e. The fourth-order valence-electron chi connectivity index (χ4n) is 12.2. The van der Waals surface area contributed by atoms with Crippen molar-refractivity contribution in [3.05, 3.63) is 0 Å². The van der Waals surface area contributed by atoms with Gasteiger partial charge in [-0.2, -0.15) is 0 Å². The van der Waals surface area contributed by atoms with E-state index in [0.717, 1.165) is 29.6 Å². The average molecular weight is 429 g/mol. The molecule has 5 aliphatic rings. The first-order chi connectivity index (χ1) is 14.4. The van der Waals surface area contributed by atoms with Crippen LogP contribution in [0, 0.1) is 62.6 Å². The van der Waals surface area contributed by atoms with E-state index in [1.807, 2.05) is 0 Å². The minimum absolute atomic E-state index is 0.383. The van der Waals surface area contributed by atoms with Gasteiger partial charge in [-0.15, -0.1) is 0 Å². The van der Waals surface area contributed by atoms with Gasteiger partial charge in [0.05, 0.1) is 0 Å². The van der Waals surface area contributed by atoms with E-state index in [-0.39, 0.29) is 0 Å². The predicted molar refractivity (Wildman–Crippen MR) is 131 cm³/mol. The lowest BCUT2D eigenvalue weighted by Gasteiger charge is -2.73. The SMILES string of the molecule is C[C@H](CO)[C@H]1CC[C@@]2(C)[C@@H]1CC[C@]1(C)[C@H]2CC[C@H]2[C@@]3(C)CCCC(C)(C)[C@@H]3CC[C@]21C. The van der Waals surface area contributed by atoms with Crippen molar-refractivity contribution in [2.24, 2.45) is 62.6 Å². The largest absolute Gasteiger partial charge is 0.396 e. The lowest BCUT2D eigenvalue weighted by Crippen LogP contribution is -2.65. The molecule has 0 heterocycles. The van der Waals surface area contributed by atoms with Gasteiger partial charge in [-0.1, -0.05) is 54.9 Å². The molecule has 0 amide bonds. The van der Waals surface area contributed by atoms with E-state index in [2.05, 4.69) is 48.5 Å². The van der Waals surface area contributed by atoms with Gasteiger partial charge in [0.15, 0.2) is 0 Å². The molecule has 0 bridgehead atoms. The third-order valence-corrected chi connectivity index (χ3v) is 13.8.